The van der Waals surface area contributed by atoms with Crippen molar-refractivity contribution in [2.24, 2.45) is 5.92 Å². The molecule has 3 N–H and O–H groups in total. The highest BCUT2D eigenvalue weighted by Gasteiger charge is 2.16. The Labute approximate surface area is 118 Å². The number of nitrogens with one attached hydrogen (secondary N) is 2. The van der Waals surface area contributed by atoms with Gasteiger partial charge in [-0.1, -0.05) is 13.0 Å². The fourth-order valence-electron chi connectivity index (χ4n) is 1.40. The molecule has 19 heavy (non-hydrogen) atoms. The number of carbonyl (C=O) groups is 2. The van der Waals surface area contributed by atoms with Crippen LogP contribution >= 0.6 is 15.9 Å². The predicted octanol–water partition coefficient (Wildman–Crippen LogP) is 2.82. The molecule has 5 nitrogen and oxygen atoms in total. The monoisotopic (exact) mass is 332 g/mol. The van der Waals surface area contributed by atoms with Crippen molar-refractivity contribution in [2.75, 3.05) is 11.9 Å². The van der Waals surface area contributed by atoms with Gasteiger partial charge < -0.3 is 15.7 Å². The molecule has 1 atom stereocenters. The van der Waals surface area contributed by atoms with E-state index in [4.69, 9.17) is 5.11 Å². The molecular formula is C12H14BrFN2O3. The van der Waals surface area contributed by atoms with Crippen molar-refractivity contribution >= 4 is 33.6 Å². The second-order valence-electron chi connectivity index (χ2n) is 3.88. The molecule has 2 amide bonds. The molecular weight excluding hydrogens is 319 g/mol. The van der Waals surface area contributed by atoms with Gasteiger partial charge in [0.15, 0.2) is 0 Å². The molecule has 7 heteroatoms. The van der Waals surface area contributed by atoms with Crippen LogP contribution < -0.4 is 10.6 Å². The average Bonchev–Trinajstić information content (AvgIpc) is 2.34. The summed E-state index contributed by atoms with van der Waals surface area (Å²) in [4.78, 5) is 22.3. The molecule has 0 radical (unpaired) electrons. The lowest BCUT2D eigenvalue weighted by molar-refractivity contribution is -0.141. The number of para-hydroxylation sites is 1. The lowest BCUT2D eigenvalue weighted by atomic mass is 10.1. The second kappa shape index (κ2) is 7.08. The van der Waals surface area contributed by atoms with Gasteiger partial charge in [0.2, 0.25) is 0 Å². The zero-order chi connectivity index (χ0) is 14.4. The van der Waals surface area contributed by atoms with Crippen LogP contribution in [0.25, 0.3) is 0 Å². The number of amides is 2. The number of benzene rings is 1. The third-order valence-electron chi connectivity index (χ3n) is 2.55. The fraction of sp³-hybridized carbons (Fsp3) is 0.333. The first-order valence-corrected chi connectivity index (χ1v) is 6.46. The number of hydrogen-bond acceptors (Lipinski definition) is 2. The third-order valence-corrected chi connectivity index (χ3v) is 3.21. The van der Waals surface area contributed by atoms with Crippen LogP contribution in [0.1, 0.15) is 13.3 Å². The van der Waals surface area contributed by atoms with Crippen LogP contribution in [0, 0.1) is 11.7 Å². The van der Waals surface area contributed by atoms with Gasteiger partial charge in [-0.2, -0.15) is 0 Å². The number of halogens is 2. The number of carboxylic acid groups (broad SMARTS) is 1. The highest BCUT2D eigenvalue weighted by atomic mass is 79.9. The molecule has 1 rings (SSSR count). The van der Waals surface area contributed by atoms with Gasteiger partial charge in [0.25, 0.3) is 0 Å². The number of hydrogen-bond donors (Lipinski definition) is 3. The molecule has 0 aromatic heterocycles. The first kappa shape index (κ1) is 15.4. The van der Waals surface area contributed by atoms with E-state index in [1.54, 1.807) is 13.0 Å². The van der Waals surface area contributed by atoms with Crippen LogP contribution in [0.5, 0.6) is 0 Å². The van der Waals surface area contributed by atoms with E-state index in [9.17, 15) is 14.0 Å². The fourth-order valence-corrected chi connectivity index (χ4v) is 1.84. The molecule has 0 saturated carbocycles. The summed E-state index contributed by atoms with van der Waals surface area (Å²) in [6, 6.07) is 3.66. The van der Waals surface area contributed by atoms with Crippen molar-refractivity contribution in [3.05, 3.63) is 28.5 Å². The first-order chi connectivity index (χ1) is 8.95. The van der Waals surface area contributed by atoms with Gasteiger partial charge in [0.05, 0.1) is 11.6 Å². The van der Waals surface area contributed by atoms with Crippen molar-refractivity contribution in [1.82, 2.24) is 5.32 Å². The quantitative estimate of drug-likeness (QED) is 0.775. The van der Waals surface area contributed by atoms with E-state index in [-0.39, 0.29) is 12.2 Å². The number of anilines is 1. The molecule has 1 aromatic carbocycles. The van der Waals surface area contributed by atoms with Crippen LogP contribution in [0.4, 0.5) is 14.9 Å². The second-order valence-corrected chi connectivity index (χ2v) is 4.73. The standard InChI is InChI=1S/C12H14BrFN2O3/c1-2-7(11(17)18)6-15-12(19)16-10-8(13)4-3-5-9(10)14/h3-5,7H,2,6H2,1H3,(H,17,18)(H2,15,16,19). The Kier molecular flexibility index (Phi) is 5.75. The van der Waals surface area contributed by atoms with Gasteiger partial charge in [0, 0.05) is 11.0 Å². The van der Waals surface area contributed by atoms with Crippen LogP contribution in [0.2, 0.25) is 0 Å². The zero-order valence-electron chi connectivity index (χ0n) is 10.2. The summed E-state index contributed by atoms with van der Waals surface area (Å²) in [5.74, 6) is -2.21. The predicted molar refractivity (Wildman–Crippen MR) is 72.5 cm³/mol. The Morgan fingerprint density at radius 3 is 2.68 bits per heavy atom. The molecule has 0 aliphatic rings. The summed E-state index contributed by atoms with van der Waals surface area (Å²) < 4.78 is 13.8. The van der Waals surface area contributed by atoms with E-state index in [2.05, 4.69) is 26.6 Å². The molecule has 1 unspecified atom stereocenters. The highest BCUT2D eigenvalue weighted by Crippen LogP contribution is 2.24. The summed E-state index contributed by atoms with van der Waals surface area (Å²) in [5, 5.41) is 13.6. The van der Waals surface area contributed by atoms with E-state index in [1.165, 1.54) is 12.1 Å². The molecule has 0 spiro atoms. The Bertz CT molecular complexity index is 462. The van der Waals surface area contributed by atoms with Gasteiger partial charge in [-0.25, -0.2) is 9.18 Å². The normalized spacial score (nSPS) is 11.7. The topological polar surface area (TPSA) is 78.4 Å². The Balaban J connectivity index is 2.59. The van der Waals surface area contributed by atoms with E-state index in [0.29, 0.717) is 10.9 Å². The molecule has 0 aliphatic carbocycles. The highest BCUT2D eigenvalue weighted by molar-refractivity contribution is 9.10. The summed E-state index contributed by atoms with van der Waals surface area (Å²) in [5.41, 5.74) is 0.0170. The van der Waals surface area contributed by atoms with Gasteiger partial charge in [0.1, 0.15) is 5.82 Å². The van der Waals surface area contributed by atoms with Gasteiger partial charge in [-0.05, 0) is 34.5 Å². The molecule has 0 fully saturated rings. The van der Waals surface area contributed by atoms with Crippen molar-refractivity contribution in [1.29, 1.82) is 0 Å². The maximum atomic E-state index is 13.4. The van der Waals surface area contributed by atoms with Gasteiger partial charge in [-0.15, -0.1) is 0 Å². The van der Waals surface area contributed by atoms with Crippen molar-refractivity contribution in [3.8, 4) is 0 Å². The van der Waals surface area contributed by atoms with E-state index < -0.39 is 23.7 Å². The van der Waals surface area contributed by atoms with Gasteiger partial charge >= 0.3 is 12.0 Å². The first-order valence-electron chi connectivity index (χ1n) is 5.67. The van der Waals surface area contributed by atoms with E-state index in [1.807, 2.05) is 0 Å². The van der Waals surface area contributed by atoms with Crippen molar-refractivity contribution in [3.63, 3.8) is 0 Å². The van der Waals surface area contributed by atoms with Crippen LogP contribution in [-0.2, 0) is 4.79 Å². The minimum atomic E-state index is -0.977. The lowest BCUT2D eigenvalue weighted by Gasteiger charge is -2.13. The number of urea groups is 1. The maximum absolute atomic E-state index is 13.4. The Hall–Kier alpha value is -1.63. The molecule has 0 bridgehead atoms. The van der Waals surface area contributed by atoms with Crippen molar-refractivity contribution < 1.29 is 19.1 Å². The van der Waals surface area contributed by atoms with Crippen LogP contribution in [0.15, 0.2) is 22.7 Å². The Morgan fingerprint density at radius 2 is 2.16 bits per heavy atom. The number of carbonyl (C=O) groups excluding carboxylic acids is 1. The molecule has 0 aliphatic heterocycles. The summed E-state index contributed by atoms with van der Waals surface area (Å²) in [6.07, 6.45) is 0.402. The number of aliphatic carboxylic acids is 1. The molecule has 1 aromatic rings. The Morgan fingerprint density at radius 1 is 1.47 bits per heavy atom. The number of rotatable bonds is 5. The van der Waals surface area contributed by atoms with Gasteiger partial charge in [-0.3, -0.25) is 4.79 Å². The largest absolute Gasteiger partial charge is 0.481 e. The third kappa shape index (κ3) is 4.51. The number of carboxylic acids is 1. The SMILES string of the molecule is CCC(CNC(=O)Nc1c(F)cccc1Br)C(=O)O. The van der Waals surface area contributed by atoms with Crippen LogP contribution in [0.3, 0.4) is 0 Å². The molecule has 0 saturated heterocycles. The van der Waals surface area contributed by atoms with E-state index >= 15 is 0 Å². The average molecular weight is 333 g/mol. The molecule has 104 valence electrons. The summed E-state index contributed by atoms with van der Waals surface area (Å²) in [7, 11) is 0. The molecule has 0 heterocycles. The minimum absolute atomic E-state index is 0.0102. The van der Waals surface area contributed by atoms with Crippen LogP contribution in [-0.4, -0.2) is 23.7 Å². The lowest BCUT2D eigenvalue weighted by Crippen LogP contribution is -2.35. The van der Waals surface area contributed by atoms with Crippen molar-refractivity contribution in [2.45, 2.75) is 13.3 Å². The zero-order valence-corrected chi connectivity index (χ0v) is 11.8. The van der Waals surface area contributed by atoms with E-state index in [0.717, 1.165) is 0 Å². The summed E-state index contributed by atoms with van der Waals surface area (Å²) >= 11 is 3.12. The minimum Gasteiger partial charge on any atom is -0.481 e. The summed E-state index contributed by atoms with van der Waals surface area (Å²) in [6.45, 7) is 1.70. The maximum Gasteiger partial charge on any atom is 0.319 e. The smallest absolute Gasteiger partial charge is 0.319 e.